The molecule has 6 nitrogen and oxygen atoms in total. The highest BCUT2D eigenvalue weighted by atomic mass is 32.2. The molecule has 0 aliphatic carbocycles. The van der Waals surface area contributed by atoms with E-state index in [1.807, 2.05) is 6.92 Å². The van der Waals surface area contributed by atoms with Crippen molar-refractivity contribution in [3.63, 3.8) is 0 Å². The lowest BCUT2D eigenvalue weighted by atomic mass is 10.2. The SMILES string of the molecule is Cc1ccc(S(=O)(=O)C(=O)Nc2cccc3nsnc23)cc1. The van der Waals surface area contributed by atoms with E-state index in [1.54, 1.807) is 30.3 Å². The topological polar surface area (TPSA) is 89.0 Å². The maximum absolute atomic E-state index is 12.3. The van der Waals surface area contributed by atoms with Gasteiger partial charge in [-0.1, -0.05) is 23.8 Å². The largest absolute Gasteiger partial charge is 0.345 e. The number of anilines is 1. The zero-order valence-electron chi connectivity index (χ0n) is 11.5. The van der Waals surface area contributed by atoms with Crippen molar-refractivity contribution in [2.75, 3.05) is 5.32 Å². The molecule has 0 unspecified atom stereocenters. The molecule has 0 atom stereocenters. The third-order valence-corrected chi connectivity index (χ3v) is 5.12. The van der Waals surface area contributed by atoms with Gasteiger partial charge in [0.2, 0.25) is 0 Å². The van der Waals surface area contributed by atoms with E-state index in [-0.39, 0.29) is 4.90 Å². The van der Waals surface area contributed by atoms with E-state index in [1.165, 1.54) is 12.1 Å². The van der Waals surface area contributed by atoms with Gasteiger partial charge in [0.25, 0.3) is 9.84 Å². The number of nitrogens with one attached hydrogen (secondary N) is 1. The average Bonchev–Trinajstić information content (AvgIpc) is 2.97. The summed E-state index contributed by atoms with van der Waals surface area (Å²) in [5, 5.41) is 1.32. The number of fused-ring (bicyclic) bond motifs is 1. The molecule has 0 aliphatic rings. The van der Waals surface area contributed by atoms with Crippen LogP contribution in [-0.4, -0.2) is 22.4 Å². The van der Waals surface area contributed by atoms with Crippen molar-refractivity contribution in [2.45, 2.75) is 11.8 Å². The zero-order chi connectivity index (χ0) is 15.7. The van der Waals surface area contributed by atoms with E-state index >= 15 is 0 Å². The minimum absolute atomic E-state index is 0.0424. The highest BCUT2D eigenvalue weighted by molar-refractivity contribution is 8.06. The summed E-state index contributed by atoms with van der Waals surface area (Å²) >= 11 is 0.999. The molecule has 8 heteroatoms. The van der Waals surface area contributed by atoms with Crippen LogP contribution in [0.2, 0.25) is 0 Å². The van der Waals surface area contributed by atoms with Gasteiger partial charge in [0, 0.05) is 0 Å². The van der Waals surface area contributed by atoms with E-state index in [2.05, 4.69) is 14.1 Å². The van der Waals surface area contributed by atoms with E-state index < -0.39 is 15.1 Å². The molecule has 3 aromatic rings. The monoisotopic (exact) mass is 333 g/mol. The van der Waals surface area contributed by atoms with E-state index in [4.69, 9.17) is 0 Å². The van der Waals surface area contributed by atoms with Gasteiger partial charge in [0.1, 0.15) is 11.0 Å². The van der Waals surface area contributed by atoms with Gasteiger partial charge < -0.3 is 5.32 Å². The molecule has 0 saturated carbocycles. The second-order valence-electron chi connectivity index (χ2n) is 4.67. The summed E-state index contributed by atoms with van der Waals surface area (Å²) in [4.78, 5) is 12.1. The number of aryl methyl sites for hydroxylation is 1. The smallest absolute Gasteiger partial charge is 0.310 e. The van der Waals surface area contributed by atoms with Crippen molar-refractivity contribution in [3.05, 3.63) is 48.0 Å². The fraction of sp³-hybridized carbons (Fsp3) is 0.0714. The summed E-state index contributed by atoms with van der Waals surface area (Å²) in [5.41, 5.74) is 2.32. The van der Waals surface area contributed by atoms with Crippen LogP contribution in [0.25, 0.3) is 11.0 Å². The molecule has 22 heavy (non-hydrogen) atoms. The van der Waals surface area contributed by atoms with E-state index in [0.717, 1.165) is 17.3 Å². The van der Waals surface area contributed by atoms with Crippen molar-refractivity contribution in [2.24, 2.45) is 0 Å². The first kappa shape index (κ1) is 14.6. The minimum atomic E-state index is -4.10. The molecule has 2 aromatic carbocycles. The van der Waals surface area contributed by atoms with Gasteiger partial charge in [-0.3, -0.25) is 4.79 Å². The lowest BCUT2D eigenvalue weighted by molar-refractivity contribution is 0.267. The Morgan fingerprint density at radius 3 is 2.55 bits per heavy atom. The molecule has 0 radical (unpaired) electrons. The third kappa shape index (κ3) is 2.58. The number of carbonyl (C=O) groups is 1. The second-order valence-corrected chi connectivity index (χ2v) is 7.04. The number of hydrogen-bond donors (Lipinski definition) is 1. The van der Waals surface area contributed by atoms with Crippen LogP contribution in [0.5, 0.6) is 0 Å². The molecule has 0 bridgehead atoms. The number of benzene rings is 2. The van der Waals surface area contributed by atoms with Crippen LogP contribution in [0.3, 0.4) is 0 Å². The van der Waals surface area contributed by atoms with Crippen LogP contribution in [-0.2, 0) is 9.84 Å². The fourth-order valence-corrected chi connectivity index (χ4v) is 3.41. The Morgan fingerprint density at radius 1 is 1.09 bits per heavy atom. The van der Waals surface area contributed by atoms with Crippen LogP contribution in [0.1, 0.15) is 5.56 Å². The van der Waals surface area contributed by atoms with Crippen LogP contribution < -0.4 is 5.32 Å². The Kier molecular flexibility index (Phi) is 3.63. The first-order valence-electron chi connectivity index (χ1n) is 6.32. The van der Waals surface area contributed by atoms with Crippen LogP contribution in [0.4, 0.5) is 10.5 Å². The standard InChI is InChI=1S/C14H11N3O3S2/c1-9-5-7-10(8-6-9)22(19,20)14(18)15-11-3-2-4-12-13(11)17-21-16-12/h2-8H,1H3,(H,15,18). The molecule has 1 aromatic heterocycles. The van der Waals surface area contributed by atoms with Crippen LogP contribution >= 0.6 is 11.7 Å². The molecule has 0 fully saturated rings. The Morgan fingerprint density at radius 2 is 1.82 bits per heavy atom. The number of nitrogens with zero attached hydrogens (tertiary/aromatic N) is 2. The van der Waals surface area contributed by atoms with Gasteiger partial charge in [0.05, 0.1) is 22.3 Å². The van der Waals surface area contributed by atoms with E-state index in [0.29, 0.717) is 16.7 Å². The third-order valence-electron chi connectivity index (χ3n) is 3.10. The van der Waals surface area contributed by atoms with Crippen molar-refractivity contribution in [1.29, 1.82) is 0 Å². The molecule has 0 saturated heterocycles. The summed E-state index contributed by atoms with van der Waals surface area (Å²) in [6.45, 7) is 1.84. The average molecular weight is 333 g/mol. The molecular weight excluding hydrogens is 322 g/mol. The van der Waals surface area contributed by atoms with Gasteiger partial charge in [-0.25, -0.2) is 8.42 Å². The number of sulfone groups is 1. The normalized spacial score (nSPS) is 11.5. The first-order chi connectivity index (χ1) is 10.5. The van der Waals surface area contributed by atoms with Crippen LogP contribution in [0.15, 0.2) is 47.4 Å². The van der Waals surface area contributed by atoms with Gasteiger partial charge >= 0.3 is 5.24 Å². The fourth-order valence-electron chi connectivity index (χ4n) is 1.91. The lowest BCUT2D eigenvalue weighted by Crippen LogP contribution is -2.21. The van der Waals surface area contributed by atoms with Crippen molar-refractivity contribution >= 4 is 43.5 Å². The van der Waals surface area contributed by atoms with Crippen molar-refractivity contribution in [1.82, 2.24) is 8.75 Å². The maximum atomic E-state index is 12.3. The van der Waals surface area contributed by atoms with Gasteiger partial charge in [-0.05, 0) is 31.2 Å². The molecule has 1 N–H and O–H groups in total. The molecule has 1 amide bonds. The molecule has 112 valence electrons. The summed E-state index contributed by atoms with van der Waals surface area (Å²) < 4.78 is 32.7. The zero-order valence-corrected chi connectivity index (χ0v) is 13.1. The highest BCUT2D eigenvalue weighted by Crippen LogP contribution is 2.23. The molecular formula is C14H11N3O3S2. The van der Waals surface area contributed by atoms with Crippen LogP contribution in [0, 0.1) is 6.92 Å². The summed E-state index contributed by atoms with van der Waals surface area (Å²) in [5.74, 6) is 0. The Labute approximate surface area is 131 Å². The minimum Gasteiger partial charge on any atom is -0.310 e. The highest BCUT2D eigenvalue weighted by Gasteiger charge is 2.25. The lowest BCUT2D eigenvalue weighted by Gasteiger charge is -2.07. The Bertz CT molecular complexity index is 947. The number of rotatable bonds is 2. The van der Waals surface area contributed by atoms with Gasteiger partial charge in [-0.2, -0.15) is 8.75 Å². The van der Waals surface area contributed by atoms with Crippen molar-refractivity contribution in [3.8, 4) is 0 Å². The maximum Gasteiger partial charge on any atom is 0.345 e. The number of hydrogen-bond acceptors (Lipinski definition) is 6. The van der Waals surface area contributed by atoms with Crippen molar-refractivity contribution < 1.29 is 13.2 Å². The molecule has 3 rings (SSSR count). The summed E-state index contributed by atoms with van der Waals surface area (Å²) in [7, 11) is -4.10. The molecule has 0 aliphatic heterocycles. The van der Waals surface area contributed by atoms with Gasteiger partial charge in [0.15, 0.2) is 0 Å². The first-order valence-corrected chi connectivity index (χ1v) is 8.54. The molecule has 0 spiro atoms. The predicted molar refractivity (Wildman–Crippen MR) is 84.8 cm³/mol. The Balaban J connectivity index is 1.94. The summed E-state index contributed by atoms with van der Waals surface area (Å²) in [6, 6.07) is 11.1. The van der Waals surface area contributed by atoms with E-state index in [9.17, 15) is 13.2 Å². The van der Waals surface area contributed by atoms with Gasteiger partial charge in [-0.15, -0.1) is 0 Å². The number of carbonyl (C=O) groups excluding carboxylic acids is 1. The number of aromatic nitrogens is 2. The number of amides is 1. The second kappa shape index (κ2) is 5.47. The Hall–Kier alpha value is -2.32. The predicted octanol–water partition coefficient (Wildman–Crippen LogP) is 3.01. The molecule has 1 heterocycles. The quantitative estimate of drug-likeness (QED) is 0.778. The summed E-state index contributed by atoms with van der Waals surface area (Å²) in [6.07, 6.45) is 0.